The number of benzene rings is 1. The molecule has 1 unspecified atom stereocenters. The Bertz CT molecular complexity index is 541. The lowest BCUT2D eigenvalue weighted by atomic mass is 10.1. The Hall–Kier alpha value is -1.31. The summed E-state index contributed by atoms with van der Waals surface area (Å²) in [5.41, 5.74) is 2.27. The van der Waals surface area contributed by atoms with Gasteiger partial charge in [0.2, 0.25) is 10.0 Å². The SMILES string of the molecule is COC(OC)C(C)Nc1ccc(NS(C)(=O)=O)c(C)c1. The summed E-state index contributed by atoms with van der Waals surface area (Å²) < 4.78 is 35.3. The molecule has 0 aliphatic rings. The van der Waals surface area contributed by atoms with Crippen LogP contribution in [0.3, 0.4) is 0 Å². The number of hydrogen-bond acceptors (Lipinski definition) is 5. The summed E-state index contributed by atoms with van der Waals surface area (Å²) in [7, 11) is -0.107. The van der Waals surface area contributed by atoms with Gasteiger partial charge in [-0.05, 0) is 37.6 Å². The van der Waals surface area contributed by atoms with Crippen LogP contribution >= 0.6 is 0 Å². The lowest BCUT2D eigenvalue weighted by Gasteiger charge is -2.23. The largest absolute Gasteiger partial charge is 0.377 e. The van der Waals surface area contributed by atoms with Gasteiger partial charge in [-0.1, -0.05) is 0 Å². The van der Waals surface area contributed by atoms with Crippen molar-refractivity contribution in [1.29, 1.82) is 0 Å². The minimum absolute atomic E-state index is 0.0434. The van der Waals surface area contributed by atoms with Gasteiger partial charge in [0.05, 0.1) is 18.0 Å². The third-order valence-corrected chi connectivity index (χ3v) is 3.38. The van der Waals surface area contributed by atoms with E-state index < -0.39 is 10.0 Å². The van der Waals surface area contributed by atoms with E-state index in [0.29, 0.717) is 5.69 Å². The van der Waals surface area contributed by atoms with Gasteiger partial charge in [-0.3, -0.25) is 4.72 Å². The number of methoxy groups -OCH3 is 2. The average Bonchev–Trinajstić information content (AvgIpc) is 2.33. The van der Waals surface area contributed by atoms with Gasteiger partial charge in [0, 0.05) is 19.9 Å². The first-order valence-electron chi connectivity index (χ1n) is 6.17. The predicted molar refractivity (Wildman–Crippen MR) is 80.5 cm³/mol. The smallest absolute Gasteiger partial charge is 0.229 e. The second-order valence-corrected chi connectivity index (χ2v) is 6.43. The molecule has 20 heavy (non-hydrogen) atoms. The van der Waals surface area contributed by atoms with Crippen molar-refractivity contribution in [2.24, 2.45) is 0 Å². The zero-order chi connectivity index (χ0) is 15.3. The molecule has 7 heteroatoms. The molecule has 114 valence electrons. The van der Waals surface area contributed by atoms with Gasteiger partial charge in [0.15, 0.2) is 6.29 Å². The van der Waals surface area contributed by atoms with Gasteiger partial charge in [-0.25, -0.2) is 8.42 Å². The third kappa shape index (κ3) is 4.99. The molecular weight excluding hydrogens is 280 g/mol. The Morgan fingerprint density at radius 2 is 1.80 bits per heavy atom. The molecule has 0 heterocycles. The van der Waals surface area contributed by atoms with Crippen molar-refractivity contribution in [2.45, 2.75) is 26.2 Å². The first-order chi connectivity index (χ1) is 9.26. The average molecular weight is 302 g/mol. The van der Waals surface area contributed by atoms with Crippen molar-refractivity contribution in [3.8, 4) is 0 Å². The number of nitrogens with one attached hydrogen (secondary N) is 2. The number of ether oxygens (including phenoxy) is 2. The lowest BCUT2D eigenvalue weighted by molar-refractivity contribution is -0.109. The van der Waals surface area contributed by atoms with Crippen LogP contribution in [0.1, 0.15) is 12.5 Å². The Labute approximate surface area is 120 Å². The molecule has 6 nitrogen and oxygen atoms in total. The van der Waals surface area contributed by atoms with Gasteiger partial charge < -0.3 is 14.8 Å². The van der Waals surface area contributed by atoms with Crippen molar-refractivity contribution in [3.63, 3.8) is 0 Å². The summed E-state index contributed by atoms with van der Waals surface area (Å²) in [6.07, 6.45) is 0.770. The number of hydrogen-bond donors (Lipinski definition) is 2. The number of sulfonamides is 1. The van der Waals surface area contributed by atoms with E-state index in [9.17, 15) is 8.42 Å². The molecule has 0 spiro atoms. The van der Waals surface area contributed by atoms with Crippen LogP contribution < -0.4 is 10.0 Å². The van der Waals surface area contributed by atoms with E-state index in [1.54, 1.807) is 26.4 Å². The molecular formula is C13H22N2O4S. The molecule has 0 aromatic heterocycles. The fourth-order valence-corrected chi connectivity index (χ4v) is 2.53. The summed E-state index contributed by atoms with van der Waals surface area (Å²) in [5.74, 6) is 0. The van der Waals surface area contributed by atoms with E-state index >= 15 is 0 Å². The Morgan fingerprint density at radius 3 is 2.25 bits per heavy atom. The van der Waals surface area contributed by atoms with Gasteiger partial charge in [0.1, 0.15) is 0 Å². The predicted octanol–water partition coefficient (Wildman–Crippen LogP) is 1.79. The van der Waals surface area contributed by atoms with E-state index in [4.69, 9.17) is 9.47 Å². The van der Waals surface area contributed by atoms with Crippen molar-refractivity contribution in [2.75, 3.05) is 30.5 Å². The van der Waals surface area contributed by atoms with Crippen LogP contribution in [-0.4, -0.2) is 41.2 Å². The van der Waals surface area contributed by atoms with E-state index in [0.717, 1.165) is 17.5 Å². The van der Waals surface area contributed by atoms with Crippen molar-refractivity contribution >= 4 is 21.4 Å². The van der Waals surface area contributed by atoms with Crippen LogP contribution in [0.2, 0.25) is 0 Å². The third-order valence-electron chi connectivity index (χ3n) is 2.79. The highest BCUT2D eigenvalue weighted by atomic mass is 32.2. The molecule has 0 saturated carbocycles. The molecule has 1 atom stereocenters. The summed E-state index contributed by atoms with van der Waals surface area (Å²) in [6.45, 7) is 3.78. The molecule has 0 amide bonds. The molecule has 0 radical (unpaired) electrons. The molecule has 1 aromatic carbocycles. The summed E-state index contributed by atoms with van der Waals surface area (Å²) in [4.78, 5) is 0. The normalized spacial score (nSPS) is 13.3. The summed E-state index contributed by atoms with van der Waals surface area (Å²) in [5, 5.41) is 3.25. The quantitative estimate of drug-likeness (QED) is 0.751. The Kier molecular flexibility index (Phi) is 5.79. The van der Waals surface area contributed by atoms with Gasteiger partial charge >= 0.3 is 0 Å². The standard InChI is InChI=1S/C13H22N2O4S/c1-9-8-11(14-10(2)13(18-3)19-4)6-7-12(9)15-20(5,16)17/h6-8,10,13-15H,1-5H3. The number of rotatable bonds is 7. The van der Waals surface area contributed by atoms with Crippen LogP contribution in [0.15, 0.2) is 18.2 Å². The van der Waals surface area contributed by atoms with Crippen LogP contribution in [-0.2, 0) is 19.5 Å². The van der Waals surface area contributed by atoms with Gasteiger partial charge in [-0.2, -0.15) is 0 Å². The maximum Gasteiger partial charge on any atom is 0.229 e. The summed E-state index contributed by atoms with van der Waals surface area (Å²) in [6, 6.07) is 5.35. The maximum atomic E-state index is 11.2. The van der Waals surface area contributed by atoms with Crippen molar-refractivity contribution < 1.29 is 17.9 Å². The minimum atomic E-state index is -3.27. The van der Waals surface area contributed by atoms with E-state index in [-0.39, 0.29) is 12.3 Å². The van der Waals surface area contributed by atoms with Crippen molar-refractivity contribution in [3.05, 3.63) is 23.8 Å². The van der Waals surface area contributed by atoms with Crippen molar-refractivity contribution in [1.82, 2.24) is 0 Å². The molecule has 1 rings (SSSR count). The fraction of sp³-hybridized carbons (Fsp3) is 0.538. The molecule has 2 N–H and O–H groups in total. The topological polar surface area (TPSA) is 76.7 Å². The maximum absolute atomic E-state index is 11.2. The summed E-state index contributed by atoms with van der Waals surface area (Å²) >= 11 is 0. The van der Waals surface area contributed by atoms with Crippen LogP contribution in [0.4, 0.5) is 11.4 Å². The minimum Gasteiger partial charge on any atom is -0.377 e. The van der Waals surface area contributed by atoms with Gasteiger partial charge in [0.25, 0.3) is 0 Å². The van der Waals surface area contributed by atoms with E-state index in [1.807, 2.05) is 19.9 Å². The number of anilines is 2. The highest BCUT2D eigenvalue weighted by Gasteiger charge is 2.15. The molecule has 1 aromatic rings. The Morgan fingerprint density at radius 1 is 1.20 bits per heavy atom. The van der Waals surface area contributed by atoms with E-state index in [1.165, 1.54) is 0 Å². The highest BCUT2D eigenvalue weighted by molar-refractivity contribution is 7.92. The lowest BCUT2D eigenvalue weighted by Crippen LogP contribution is -2.33. The first kappa shape index (κ1) is 16.7. The molecule has 0 aliphatic carbocycles. The molecule has 0 fully saturated rings. The Balaban J connectivity index is 2.82. The van der Waals surface area contributed by atoms with E-state index in [2.05, 4.69) is 10.0 Å². The molecule has 0 aliphatic heterocycles. The zero-order valence-corrected chi connectivity index (χ0v) is 13.2. The van der Waals surface area contributed by atoms with Crippen LogP contribution in [0.5, 0.6) is 0 Å². The fourth-order valence-electron chi connectivity index (χ4n) is 1.90. The monoisotopic (exact) mass is 302 g/mol. The second kappa shape index (κ2) is 6.92. The van der Waals surface area contributed by atoms with Crippen LogP contribution in [0, 0.1) is 6.92 Å². The second-order valence-electron chi connectivity index (χ2n) is 4.68. The van der Waals surface area contributed by atoms with Crippen LogP contribution in [0.25, 0.3) is 0 Å². The zero-order valence-electron chi connectivity index (χ0n) is 12.4. The van der Waals surface area contributed by atoms with Gasteiger partial charge in [-0.15, -0.1) is 0 Å². The molecule has 0 bridgehead atoms. The first-order valence-corrected chi connectivity index (χ1v) is 8.06. The molecule has 0 saturated heterocycles. The number of aryl methyl sites for hydroxylation is 1. The highest BCUT2D eigenvalue weighted by Crippen LogP contribution is 2.21.